The Morgan fingerprint density at radius 2 is 1.75 bits per heavy atom. The summed E-state index contributed by atoms with van der Waals surface area (Å²) in [5, 5.41) is 4.96. The minimum atomic E-state index is -1.18. The van der Waals surface area contributed by atoms with E-state index in [0.29, 0.717) is 17.4 Å². The van der Waals surface area contributed by atoms with Gasteiger partial charge in [0.25, 0.3) is 5.91 Å². The predicted molar refractivity (Wildman–Crippen MR) is 114 cm³/mol. The molecule has 1 aromatic heterocycles. The Morgan fingerprint density at radius 1 is 1.12 bits per heavy atom. The lowest BCUT2D eigenvalue weighted by Gasteiger charge is -2.16. The number of methoxy groups -OCH3 is 1. The highest BCUT2D eigenvalue weighted by molar-refractivity contribution is 7.16. The van der Waals surface area contributed by atoms with Gasteiger partial charge in [-0.05, 0) is 24.5 Å². The van der Waals surface area contributed by atoms with Crippen molar-refractivity contribution in [1.29, 1.82) is 0 Å². The number of amides is 2. The minimum absolute atomic E-state index is 0.0531. The third-order valence-corrected chi connectivity index (χ3v) is 5.59. The van der Waals surface area contributed by atoms with Crippen molar-refractivity contribution in [1.82, 2.24) is 10.3 Å². The van der Waals surface area contributed by atoms with E-state index in [9.17, 15) is 28.0 Å². The van der Waals surface area contributed by atoms with E-state index < -0.39 is 46.8 Å². The number of nitrogens with one attached hydrogen (secondary N) is 2. The maximum absolute atomic E-state index is 13.4. The first-order chi connectivity index (χ1) is 15.1. The largest absolute Gasteiger partial charge is 0.464 e. The van der Waals surface area contributed by atoms with Crippen LogP contribution in [0.1, 0.15) is 65.3 Å². The SMILES string of the molecule is CCC[C@H](NC(=O)C(=O)c1cc(F)cc(F)c1)C(=O)Nc1nc(C(=O)OC)c(C(C)C)s1. The minimum Gasteiger partial charge on any atom is -0.464 e. The molecule has 0 radical (unpaired) electrons. The molecule has 8 nitrogen and oxygen atoms in total. The van der Waals surface area contributed by atoms with Crippen LogP contribution in [0.2, 0.25) is 0 Å². The van der Waals surface area contributed by atoms with Gasteiger partial charge in [-0.15, -0.1) is 11.3 Å². The van der Waals surface area contributed by atoms with Gasteiger partial charge in [-0.2, -0.15) is 0 Å². The molecule has 0 aliphatic carbocycles. The number of anilines is 1. The molecule has 2 N–H and O–H groups in total. The van der Waals surface area contributed by atoms with Gasteiger partial charge < -0.3 is 15.4 Å². The molecular weight excluding hydrogens is 444 g/mol. The van der Waals surface area contributed by atoms with Gasteiger partial charge in [-0.25, -0.2) is 18.6 Å². The summed E-state index contributed by atoms with van der Waals surface area (Å²) in [7, 11) is 1.22. The zero-order valence-electron chi connectivity index (χ0n) is 18.0. The summed E-state index contributed by atoms with van der Waals surface area (Å²) in [5.41, 5.74) is -0.387. The number of hydrogen-bond donors (Lipinski definition) is 2. The van der Waals surface area contributed by atoms with Crippen LogP contribution in [-0.4, -0.2) is 41.7 Å². The molecule has 0 unspecified atom stereocenters. The normalized spacial score (nSPS) is 11.7. The van der Waals surface area contributed by atoms with E-state index in [1.165, 1.54) is 7.11 Å². The number of halogens is 2. The van der Waals surface area contributed by atoms with Gasteiger partial charge in [-0.3, -0.25) is 14.4 Å². The molecule has 172 valence electrons. The number of ether oxygens (including phenoxy) is 1. The summed E-state index contributed by atoms with van der Waals surface area (Å²) in [6.07, 6.45) is 0.679. The molecule has 0 fully saturated rings. The number of carbonyl (C=O) groups excluding carboxylic acids is 4. The Hall–Kier alpha value is -3.21. The van der Waals surface area contributed by atoms with E-state index in [2.05, 4.69) is 15.6 Å². The van der Waals surface area contributed by atoms with Crippen LogP contribution in [0.25, 0.3) is 0 Å². The molecule has 0 spiro atoms. The smallest absolute Gasteiger partial charge is 0.357 e. The van der Waals surface area contributed by atoms with Crippen LogP contribution in [0.3, 0.4) is 0 Å². The van der Waals surface area contributed by atoms with E-state index >= 15 is 0 Å². The third kappa shape index (κ3) is 6.16. The van der Waals surface area contributed by atoms with E-state index in [4.69, 9.17) is 4.74 Å². The highest BCUT2D eigenvalue weighted by Crippen LogP contribution is 2.30. The van der Waals surface area contributed by atoms with Crippen molar-refractivity contribution < 1.29 is 32.7 Å². The van der Waals surface area contributed by atoms with Crippen molar-refractivity contribution in [2.45, 2.75) is 45.6 Å². The Labute approximate surface area is 187 Å². The summed E-state index contributed by atoms with van der Waals surface area (Å²) in [6, 6.07) is 0.932. The number of thiazole rings is 1. The van der Waals surface area contributed by atoms with Gasteiger partial charge in [0, 0.05) is 16.5 Å². The number of esters is 1. The average molecular weight is 467 g/mol. The van der Waals surface area contributed by atoms with Crippen LogP contribution in [0, 0.1) is 11.6 Å². The van der Waals surface area contributed by atoms with Crippen LogP contribution >= 0.6 is 11.3 Å². The zero-order chi connectivity index (χ0) is 24.0. The molecule has 32 heavy (non-hydrogen) atoms. The van der Waals surface area contributed by atoms with E-state index in [-0.39, 0.29) is 23.2 Å². The molecule has 0 saturated carbocycles. The Bertz CT molecular complexity index is 1020. The number of rotatable bonds is 9. The van der Waals surface area contributed by atoms with Crippen LogP contribution in [0.4, 0.5) is 13.9 Å². The molecule has 0 aliphatic rings. The molecule has 1 atom stereocenters. The van der Waals surface area contributed by atoms with E-state index in [1.807, 2.05) is 13.8 Å². The summed E-state index contributed by atoms with van der Waals surface area (Å²) in [4.78, 5) is 54.0. The zero-order valence-corrected chi connectivity index (χ0v) is 18.8. The highest BCUT2D eigenvalue weighted by Gasteiger charge is 2.27. The Morgan fingerprint density at radius 3 is 2.28 bits per heavy atom. The van der Waals surface area contributed by atoms with Crippen molar-refractivity contribution in [2.75, 3.05) is 12.4 Å². The summed E-state index contributed by atoms with van der Waals surface area (Å²) in [5.74, 6) is -5.72. The molecule has 11 heteroatoms. The van der Waals surface area contributed by atoms with Crippen molar-refractivity contribution in [2.24, 2.45) is 0 Å². The number of hydrogen-bond acceptors (Lipinski definition) is 7. The van der Waals surface area contributed by atoms with Crippen LogP contribution < -0.4 is 10.6 Å². The van der Waals surface area contributed by atoms with Gasteiger partial charge in [0.1, 0.15) is 17.7 Å². The number of ketones is 1. The molecule has 2 rings (SSSR count). The highest BCUT2D eigenvalue weighted by atomic mass is 32.1. The van der Waals surface area contributed by atoms with Crippen molar-refractivity contribution in [3.63, 3.8) is 0 Å². The second kappa shape index (κ2) is 10.9. The third-order valence-electron chi connectivity index (χ3n) is 4.32. The fourth-order valence-corrected chi connectivity index (χ4v) is 3.77. The number of nitrogens with zero attached hydrogens (tertiary/aromatic N) is 1. The summed E-state index contributed by atoms with van der Waals surface area (Å²) in [6.45, 7) is 5.48. The van der Waals surface area contributed by atoms with E-state index in [0.717, 1.165) is 23.5 Å². The Kier molecular flexibility index (Phi) is 8.53. The first kappa shape index (κ1) is 25.1. The average Bonchev–Trinajstić information content (AvgIpc) is 3.15. The second-order valence-corrected chi connectivity index (χ2v) is 8.20. The monoisotopic (exact) mass is 467 g/mol. The fraction of sp³-hybridized carbons (Fsp3) is 0.381. The molecule has 0 saturated heterocycles. The number of Topliss-reactive ketones (excluding diaryl/α,β-unsaturated/α-hetero) is 1. The topological polar surface area (TPSA) is 114 Å². The first-order valence-electron chi connectivity index (χ1n) is 9.78. The lowest BCUT2D eigenvalue weighted by molar-refractivity contribution is -0.124. The number of benzene rings is 1. The van der Waals surface area contributed by atoms with Gasteiger partial charge >= 0.3 is 5.97 Å². The van der Waals surface area contributed by atoms with Crippen molar-refractivity contribution in [3.8, 4) is 0 Å². The maximum Gasteiger partial charge on any atom is 0.357 e. The maximum atomic E-state index is 13.4. The quantitative estimate of drug-likeness (QED) is 0.332. The predicted octanol–water partition coefficient (Wildman–Crippen LogP) is 3.44. The molecule has 1 heterocycles. The molecule has 2 aromatic rings. The molecular formula is C21H23F2N3O5S. The van der Waals surface area contributed by atoms with Crippen molar-refractivity contribution in [3.05, 3.63) is 46.0 Å². The summed E-state index contributed by atoms with van der Waals surface area (Å²) < 4.78 is 31.4. The molecule has 0 bridgehead atoms. The van der Waals surface area contributed by atoms with Crippen LogP contribution in [0.15, 0.2) is 18.2 Å². The van der Waals surface area contributed by atoms with Gasteiger partial charge in [-0.1, -0.05) is 27.2 Å². The molecule has 1 aromatic carbocycles. The lowest BCUT2D eigenvalue weighted by Crippen LogP contribution is -2.46. The van der Waals surface area contributed by atoms with Crippen molar-refractivity contribution >= 4 is 40.0 Å². The fourth-order valence-electron chi connectivity index (χ4n) is 2.81. The van der Waals surface area contributed by atoms with E-state index in [1.54, 1.807) is 6.92 Å². The molecule has 2 amide bonds. The first-order valence-corrected chi connectivity index (χ1v) is 10.6. The standard InChI is InChI=1S/C21H23F2N3O5S/c1-5-6-14(24-19(29)16(27)11-7-12(22)9-13(23)8-11)18(28)26-21-25-15(20(30)31-4)17(32-21)10(2)3/h7-10,14H,5-6H2,1-4H3,(H,24,29)(H,25,26,28)/t14-/m0/s1. The number of carbonyl (C=O) groups is 4. The lowest BCUT2D eigenvalue weighted by atomic mass is 10.1. The molecule has 0 aliphatic heterocycles. The van der Waals surface area contributed by atoms with Crippen LogP contribution in [-0.2, 0) is 14.3 Å². The summed E-state index contributed by atoms with van der Waals surface area (Å²) >= 11 is 1.09. The second-order valence-electron chi connectivity index (χ2n) is 7.17. The van der Waals surface area contributed by atoms with Gasteiger partial charge in [0.15, 0.2) is 10.8 Å². The van der Waals surface area contributed by atoms with Gasteiger partial charge in [0.2, 0.25) is 11.7 Å². The van der Waals surface area contributed by atoms with Gasteiger partial charge in [0.05, 0.1) is 7.11 Å². The Balaban J connectivity index is 2.18. The number of aromatic nitrogens is 1. The van der Waals surface area contributed by atoms with Crippen LogP contribution in [0.5, 0.6) is 0 Å².